The normalized spacial score (nSPS) is 10.1. The van der Waals surface area contributed by atoms with Crippen molar-refractivity contribution in [3.63, 3.8) is 0 Å². The highest BCUT2D eigenvalue weighted by Crippen LogP contribution is 2.16. The smallest absolute Gasteiger partial charge is 0.220 e. The minimum absolute atomic E-state index is 0.217. The van der Waals surface area contributed by atoms with Crippen molar-refractivity contribution in [2.45, 2.75) is 13.0 Å². The number of aromatic nitrogens is 1. The van der Waals surface area contributed by atoms with Crippen molar-refractivity contribution in [3.8, 4) is 5.75 Å². The third-order valence-corrected chi connectivity index (χ3v) is 3.16. The van der Waals surface area contributed by atoms with Crippen LogP contribution in [0.1, 0.15) is 12.1 Å². The number of anilines is 1. The summed E-state index contributed by atoms with van der Waals surface area (Å²) in [5.74, 6) is 0.345. The van der Waals surface area contributed by atoms with Crippen LogP contribution in [0.4, 0.5) is 5.69 Å². The van der Waals surface area contributed by atoms with Gasteiger partial charge in [0.1, 0.15) is 10.4 Å². The number of amides is 1. The Balaban J connectivity index is 1.83. The molecule has 0 aliphatic carbocycles. The molecule has 0 saturated carbocycles. The van der Waals surface area contributed by atoms with E-state index >= 15 is 0 Å². The van der Waals surface area contributed by atoms with Crippen molar-refractivity contribution in [1.29, 1.82) is 0 Å². The second-order valence-corrected chi connectivity index (χ2v) is 5.21. The number of pyridine rings is 1. The Hall–Kier alpha value is -2.08. The molecule has 1 aromatic carbocycles. The molecule has 0 unspecified atom stereocenters. The molecule has 2 rings (SSSR count). The van der Waals surface area contributed by atoms with Crippen molar-refractivity contribution >= 4 is 27.5 Å². The fraction of sp³-hybridized carbons (Fsp3) is 0.200. The molecule has 5 nitrogen and oxygen atoms in total. The number of carbonyl (C=O) groups is 1. The van der Waals surface area contributed by atoms with Gasteiger partial charge in [-0.05, 0) is 52.3 Å². The summed E-state index contributed by atoms with van der Waals surface area (Å²) >= 11 is 3.34. The van der Waals surface area contributed by atoms with Crippen LogP contribution in [0, 0.1) is 0 Å². The molecular formula is C15H16BrN3O2. The second-order valence-electron chi connectivity index (χ2n) is 4.39. The summed E-state index contributed by atoms with van der Waals surface area (Å²) in [5, 5.41) is 3.28. The van der Waals surface area contributed by atoms with Crippen LogP contribution < -0.4 is 15.8 Å². The van der Waals surface area contributed by atoms with Crippen molar-refractivity contribution in [1.82, 2.24) is 4.98 Å². The Bertz CT molecular complexity index is 602. The molecule has 0 fully saturated rings. The molecule has 110 valence electrons. The molecule has 6 heteroatoms. The average molecular weight is 350 g/mol. The fourth-order valence-electron chi connectivity index (χ4n) is 1.68. The fourth-order valence-corrected chi connectivity index (χ4v) is 2.06. The van der Waals surface area contributed by atoms with Gasteiger partial charge in [0.25, 0.3) is 0 Å². The van der Waals surface area contributed by atoms with Gasteiger partial charge in [0.15, 0.2) is 0 Å². The Labute approximate surface area is 131 Å². The first-order valence-corrected chi connectivity index (χ1v) is 7.29. The number of nitrogens with zero attached hydrogens (tertiary/aromatic N) is 1. The molecule has 0 aliphatic heterocycles. The summed E-state index contributed by atoms with van der Waals surface area (Å²) in [7, 11) is 0. The molecule has 2 aromatic rings. The zero-order valence-electron chi connectivity index (χ0n) is 11.4. The molecule has 3 N–H and O–H groups in total. The van der Waals surface area contributed by atoms with Crippen molar-refractivity contribution in [2.75, 3.05) is 11.9 Å². The van der Waals surface area contributed by atoms with Crippen LogP contribution in [0.2, 0.25) is 0 Å². The predicted molar refractivity (Wildman–Crippen MR) is 85.0 cm³/mol. The summed E-state index contributed by atoms with van der Waals surface area (Å²) in [5.41, 5.74) is 6.97. The van der Waals surface area contributed by atoms with E-state index in [4.69, 9.17) is 10.5 Å². The molecule has 0 aliphatic rings. The predicted octanol–water partition coefficient (Wildman–Crippen LogP) is 2.71. The molecule has 1 amide bonds. The first kappa shape index (κ1) is 15.3. The van der Waals surface area contributed by atoms with E-state index in [0.29, 0.717) is 18.9 Å². The quantitative estimate of drug-likeness (QED) is 0.753. The van der Waals surface area contributed by atoms with Gasteiger partial charge in [-0.1, -0.05) is 6.07 Å². The number of primary amides is 1. The van der Waals surface area contributed by atoms with Crippen molar-refractivity contribution in [3.05, 3.63) is 52.8 Å². The van der Waals surface area contributed by atoms with Crippen LogP contribution in [-0.2, 0) is 11.3 Å². The standard InChI is InChI=1S/C15H16BrN3O2/c16-14-3-1-2-12(19-14)10-18-11-4-6-13(7-5-11)21-9-8-15(17)20/h1-7,18H,8-10H2,(H2,17,20). The maximum atomic E-state index is 10.6. The Morgan fingerprint density at radius 1 is 1.24 bits per heavy atom. The van der Waals surface area contributed by atoms with Gasteiger partial charge in [-0.3, -0.25) is 4.79 Å². The average Bonchev–Trinajstić information content (AvgIpc) is 2.46. The molecule has 0 spiro atoms. The third kappa shape index (κ3) is 5.43. The summed E-state index contributed by atoms with van der Waals surface area (Å²) in [4.78, 5) is 15.0. The van der Waals surface area contributed by atoms with Crippen molar-refractivity contribution in [2.24, 2.45) is 5.73 Å². The van der Waals surface area contributed by atoms with Gasteiger partial charge in [0.2, 0.25) is 5.91 Å². The summed E-state index contributed by atoms with van der Waals surface area (Å²) in [6.45, 7) is 0.936. The monoisotopic (exact) mass is 349 g/mol. The van der Waals surface area contributed by atoms with Gasteiger partial charge >= 0.3 is 0 Å². The summed E-state index contributed by atoms with van der Waals surface area (Å²) in [6, 6.07) is 13.3. The summed E-state index contributed by atoms with van der Waals surface area (Å²) in [6.07, 6.45) is 0.217. The SMILES string of the molecule is NC(=O)CCOc1ccc(NCc2cccc(Br)n2)cc1. The van der Waals surface area contributed by atoms with E-state index in [1.807, 2.05) is 42.5 Å². The van der Waals surface area contributed by atoms with Crippen LogP contribution in [0.15, 0.2) is 47.1 Å². The topological polar surface area (TPSA) is 77.2 Å². The highest BCUT2D eigenvalue weighted by molar-refractivity contribution is 9.10. The molecule has 0 saturated heterocycles. The number of ether oxygens (including phenoxy) is 1. The lowest BCUT2D eigenvalue weighted by Crippen LogP contribution is -2.14. The van der Waals surface area contributed by atoms with E-state index in [0.717, 1.165) is 16.0 Å². The lowest BCUT2D eigenvalue weighted by Gasteiger charge is -2.08. The van der Waals surface area contributed by atoms with Crippen LogP contribution in [0.5, 0.6) is 5.75 Å². The zero-order chi connectivity index (χ0) is 15.1. The van der Waals surface area contributed by atoms with Gasteiger partial charge < -0.3 is 15.8 Å². The lowest BCUT2D eigenvalue weighted by atomic mass is 10.3. The van der Waals surface area contributed by atoms with Crippen LogP contribution in [0.25, 0.3) is 0 Å². The van der Waals surface area contributed by atoms with E-state index < -0.39 is 0 Å². The van der Waals surface area contributed by atoms with E-state index in [-0.39, 0.29) is 12.3 Å². The highest BCUT2D eigenvalue weighted by atomic mass is 79.9. The molecule has 1 aromatic heterocycles. The minimum atomic E-state index is -0.366. The number of hydrogen-bond donors (Lipinski definition) is 2. The van der Waals surface area contributed by atoms with Crippen molar-refractivity contribution < 1.29 is 9.53 Å². The van der Waals surface area contributed by atoms with Crippen LogP contribution in [-0.4, -0.2) is 17.5 Å². The number of nitrogens with two attached hydrogens (primary N) is 1. The van der Waals surface area contributed by atoms with E-state index in [1.165, 1.54) is 0 Å². The highest BCUT2D eigenvalue weighted by Gasteiger charge is 1.99. The zero-order valence-corrected chi connectivity index (χ0v) is 13.0. The molecule has 0 radical (unpaired) electrons. The molecular weight excluding hydrogens is 334 g/mol. The van der Waals surface area contributed by atoms with Gasteiger partial charge in [0.05, 0.1) is 25.3 Å². The van der Waals surface area contributed by atoms with Crippen LogP contribution in [0.3, 0.4) is 0 Å². The van der Waals surface area contributed by atoms with E-state index in [1.54, 1.807) is 0 Å². The molecule has 1 heterocycles. The van der Waals surface area contributed by atoms with Gasteiger partial charge in [-0.15, -0.1) is 0 Å². The largest absolute Gasteiger partial charge is 0.493 e. The maximum absolute atomic E-state index is 10.6. The number of nitrogens with one attached hydrogen (secondary N) is 1. The minimum Gasteiger partial charge on any atom is -0.493 e. The van der Waals surface area contributed by atoms with Gasteiger partial charge in [-0.2, -0.15) is 0 Å². The van der Waals surface area contributed by atoms with Crippen LogP contribution >= 0.6 is 15.9 Å². The third-order valence-electron chi connectivity index (χ3n) is 2.72. The lowest BCUT2D eigenvalue weighted by molar-refractivity contribution is -0.118. The second kappa shape index (κ2) is 7.64. The maximum Gasteiger partial charge on any atom is 0.220 e. The summed E-state index contributed by atoms with van der Waals surface area (Å²) < 4.78 is 6.22. The van der Waals surface area contributed by atoms with Gasteiger partial charge in [0, 0.05) is 5.69 Å². The Morgan fingerprint density at radius 3 is 2.67 bits per heavy atom. The molecule has 21 heavy (non-hydrogen) atoms. The van der Waals surface area contributed by atoms with E-state index in [9.17, 15) is 4.79 Å². The first-order valence-electron chi connectivity index (χ1n) is 6.50. The van der Waals surface area contributed by atoms with E-state index in [2.05, 4.69) is 26.2 Å². The number of rotatable bonds is 7. The first-order chi connectivity index (χ1) is 10.1. The molecule has 0 atom stereocenters. The molecule has 0 bridgehead atoms. The Kier molecular flexibility index (Phi) is 5.57. The number of carbonyl (C=O) groups excluding carboxylic acids is 1. The number of benzene rings is 1. The number of halogens is 1. The van der Waals surface area contributed by atoms with Gasteiger partial charge in [-0.25, -0.2) is 4.98 Å². The number of hydrogen-bond acceptors (Lipinski definition) is 4. The Morgan fingerprint density at radius 2 is 2.00 bits per heavy atom.